The van der Waals surface area contributed by atoms with E-state index in [2.05, 4.69) is 18.0 Å². The minimum Gasteiger partial charge on any atom is -0.467 e. The summed E-state index contributed by atoms with van der Waals surface area (Å²) in [6, 6.07) is 17.4. The molecular formula is C21H18N2O2S. The zero-order chi connectivity index (χ0) is 18.1. The molecule has 0 saturated heterocycles. The minimum atomic E-state index is -0.0859. The minimum absolute atomic E-state index is 0.0859. The van der Waals surface area contributed by atoms with Crippen LogP contribution in [0.4, 0.5) is 5.13 Å². The average Bonchev–Trinajstić information content (AvgIpc) is 3.28. The van der Waals surface area contributed by atoms with Crippen LogP contribution in [0.15, 0.2) is 65.3 Å². The number of thiazole rings is 1. The molecule has 0 fully saturated rings. The summed E-state index contributed by atoms with van der Waals surface area (Å²) in [7, 11) is 0. The normalized spacial score (nSPS) is 11.0. The quantitative estimate of drug-likeness (QED) is 0.491. The van der Waals surface area contributed by atoms with E-state index in [1.165, 1.54) is 16.9 Å². The highest BCUT2D eigenvalue weighted by Crippen LogP contribution is 2.31. The van der Waals surface area contributed by atoms with Crippen molar-refractivity contribution in [1.29, 1.82) is 0 Å². The van der Waals surface area contributed by atoms with E-state index in [1.807, 2.05) is 55.5 Å². The molecule has 0 aliphatic heterocycles. The van der Waals surface area contributed by atoms with Crippen LogP contribution in [-0.4, -0.2) is 10.9 Å². The number of aromatic nitrogens is 1. The van der Waals surface area contributed by atoms with Crippen LogP contribution < -0.4 is 4.90 Å². The lowest BCUT2D eigenvalue weighted by molar-refractivity contribution is 0.0983. The van der Waals surface area contributed by atoms with Crippen molar-refractivity contribution in [3.63, 3.8) is 0 Å². The molecular weight excluding hydrogens is 344 g/mol. The van der Waals surface area contributed by atoms with Crippen molar-refractivity contribution >= 4 is 32.6 Å². The summed E-state index contributed by atoms with van der Waals surface area (Å²) in [5, 5.41) is 0.674. The van der Waals surface area contributed by atoms with Crippen LogP contribution in [0.25, 0.3) is 10.2 Å². The number of furan rings is 1. The van der Waals surface area contributed by atoms with Crippen LogP contribution >= 0.6 is 11.3 Å². The molecule has 0 unspecified atom stereocenters. The number of fused-ring (bicyclic) bond motifs is 1. The molecule has 1 amide bonds. The highest BCUT2D eigenvalue weighted by Gasteiger charge is 2.22. The molecule has 4 rings (SSSR count). The number of nitrogens with zero attached hydrogens (tertiary/aromatic N) is 2. The van der Waals surface area contributed by atoms with Crippen molar-refractivity contribution in [3.8, 4) is 0 Å². The van der Waals surface area contributed by atoms with Crippen molar-refractivity contribution in [3.05, 3.63) is 83.3 Å². The Bertz CT molecular complexity index is 1050. The van der Waals surface area contributed by atoms with E-state index in [4.69, 9.17) is 4.42 Å². The summed E-state index contributed by atoms with van der Waals surface area (Å²) in [5.41, 5.74) is 3.83. The summed E-state index contributed by atoms with van der Waals surface area (Å²) >= 11 is 1.52. The number of anilines is 1. The summed E-state index contributed by atoms with van der Waals surface area (Å²) in [4.78, 5) is 19.5. The second-order valence-electron chi connectivity index (χ2n) is 6.30. The number of hydrogen-bond donors (Lipinski definition) is 0. The molecule has 0 N–H and O–H groups in total. The van der Waals surface area contributed by atoms with Gasteiger partial charge in [-0.3, -0.25) is 9.69 Å². The molecule has 130 valence electrons. The Morgan fingerprint density at radius 1 is 1.08 bits per heavy atom. The number of hydrogen-bond acceptors (Lipinski definition) is 4. The number of carbonyl (C=O) groups excluding carboxylic acids is 1. The zero-order valence-electron chi connectivity index (χ0n) is 14.6. The Labute approximate surface area is 155 Å². The van der Waals surface area contributed by atoms with E-state index < -0.39 is 0 Å². The molecule has 0 aliphatic carbocycles. The van der Waals surface area contributed by atoms with Crippen molar-refractivity contribution in [2.45, 2.75) is 20.4 Å². The highest BCUT2D eigenvalue weighted by atomic mass is 32.1. The second kappa shape index (κ2) is 6.77. The molecule has 0 radical (unpaired) electrons. The van der Waals surface area contributed by atoms with Gasteiger partial charge in [0.25, 0.3) is 5.91 Å². The van der Waals surface area contributed by atoms with Crippen LogP contribution in [-0.2, 0) is 6.54 Å². The molecule has 5 heteroatoms. The smallest absolute Gasteiger partial charge is 0.260 e. The fourth-order valence-electron chi connectivity index (χ4n) is 2.77. The highest BCUT2D eigenvalue weighted by molar-refractivity contribution is 7.22. The molecule has 0 aliphatic rings. The molecule has 26 heavy (non-hydrogen) atoms. The molecule has 0 atom stereocenters. The summed E-state index contributed by atoms with van der Waals surface area (Å²) < 4.78 is 6.54. The van der Waals surface area contributed by atoms with Gasteiger partial charge < -0.3 is 4.42 Å². The Hall–Kier alpha value is -2.92. The first-order valence-electron chi connectivity index (χ1n) is 8.38. The molecule has 2 aromatic carbocycles. The number of amides is 1. The third kappa shape index (κ3) is 3.26. The van der Waals surface area contributed by atoms with E-state index in [9.17, 15) is 4.79 Å². The van der Waals surface area contributed by atoms with Crippen molar-refractivity contribution in [2.75, 3.05) is 4.90 Å². The van der Waals surface area contributed by atoms with Gasteiger partial charge in [0.1, 0.15) is 5.76 Å². The number of rotatable bonds is 4. The first-order valence-corrected chi connectivity index (χ1v) is 9.20. The lowest BCUT2D eigenvalue weighted by atomic mass is 10.1. The third-order valence-electron chi connectivity index (χ3n) is 4.20. The first kappa shape index (κ1) is 16.5. The summed E-state index contributed by atoms with van der Waals surface area (Å²) in [6.45, 7) is 4.40. The molecule has 2 heterocycles. The van der Waals surface area contributed by atoms with Gasteiger partial charge in [0.05, 0.1) is 23.0 Å². The van der Waals surface area contributed by atoms with Gasteiger partial charge in [-0.1, -0.05) is 35.1 Å². The fraction of sp³-hybridized carbons (Fsp3) is 0.143. The third-order valence-corrected chi connectivity index (χ3v) is 5.24. The van der Waals surface area contributed by atoms with E-state index in [1.54, 1.807) is 11.2 Å². The number of aryl methyl sites for hydroxylation is 2. The lowest BCUT2D eigenvalue weighted by Gasteiger charge is -2.18. The first-order chi connectivity index (χ1) is 12.6. The van der Waals surface area contributed by atoms with E-state index in [0.29, 0.717) is 17.2 Å². The molecule has 4 aromatic rings. The lowest BCUT2D eigenvalue weighted by Crippen LogP contribution is -2.30. The van der Waals surface area contributed by atoms with Gasteiger partial charge in [-0.15, -0.1) is 0 Å². The Kier molecular flexibility index (Phi) is 4.31. The zero-order valence-corrected chi connectivity index (χ0v) is 15.4. The summed E-state index contributed by atoms with van der Waals surface area (Å²) in [5.74, 6) is 0.637. The van der Waals surface area contributed by atoms with Gasteiger partial charge in [-0.05, 0) is 55.8 Å². The molecule has 0 bridgehead atoms. The Morgan fingerprint density at radius 2 is 1.85 bits per heavy atom. The topological polar surface area (TPSA) is 46.3 Å². The number of carbonyl (C=O) groups is 1. The Morgan fingerprint density at radius 3 is 2.58 bits per heavy atom. The van der Waals surface area contributed by atoms with Gasteiger partial charge >= 0.3 is 0 Å². The standard InChI is InChI=1S/C21H18N2O2S/c1-14-5-8-16(9-6-14)20(24)23(13-17-4-3-11-25-17)21-22-18-10-7-15(2)12-19(18)26-21/h3-12H,13H2,1-2H3. The van der Waals surface area contributed by atoms with E-state index >= 15 is 0 Å². The van der Waals surface area contributed by atoms with Crippen LogP contribution in [0, 0.1) is 13.8 Å². The van der Waals surface area contributed by atoms with E-state index in [-0.39, 0.29) is 5.91 Å². The summed E-state index contributed by atoms with van der Waals surface area (Å²) in [6.07, 6.45) is 1.62. The van der Waals surface area contributed by atoms with Crippen LogP contribution in [0.5, 0.6) is 0 Å². The maximum atomic E-state index is 13.2. The molecule has 2 aromatic heterocycles. The molecule has 0 spiro atoms. The maximum Gasteiger partial charge on any atom is 0.260 e. The SMILES string of the molecule is Cc1ccc(C(=O)N(Cc2ccco2)c2nc3ccc(C)cc3s2)cc1. The van der Waals surface area contributed by atoms with Crippen LogP contribution in [0.2, 0.25) is 0 Å². The van der Waals surface area contributed by atoms with Gasteiger partial charge in [-0.25, -0.2) is 4.98 Å². The fourth-order valence-corrected chi connectivity index (χ4v) is 3.83. The van der Waals surface area contributed by atoms with Crippen LogP contribution in [0.1, 0.15) is 27.2 Å². The monoisotopic (exact) mass is 362 g/mol. The average molecular weight is 362 g/mol. The van der Waals surface area contributed by atoms with Gasteiger partial charge in [0.2, 0.25) is 0 Å². The second-order valence-corrected chi connectivity index (χ2v) is 7.31. The van der Waals surface area contributed by atoms with Crippen molar-refractivity contribution in [2.24, 2.45) is 0 Å². The number of benzene rings is 2. The van der Waals surface area contributed by atoms with Gasteiger partial charge in [0.15, 0.2) is 5.13 Å². The molecule has 4 nitrogen and oxygen atoms in total. The van der Waals surface area contributed by atoms with E-state index in [0.717, 1.165) is 21.5 Å². The van der Waals surface area contributed by atoms with Crippen molar-refractivity contribution in [1.82, 2.24) is 4.98 Å². The van der Waals surface area contributed by atoms with Crippen LogP contribution in [0.3, 0.4) is 0 Å². The maximum absolute atomic E-state index is 13.2. The predicted octanol–water partition coefficient (Wildman–Crippen LogP) is 5.35. The largest absolute Gasteiger partial charge is 0.467 e. The van der Waals surface area contributed by atoms with Gasteiger partial charge in [-0.2, -0.15) is 0 Å². The van der Waals surface area contributed by atoms with Gasteiger partial charge in [0, 0.05) is 5.56 Å². The molecule has 0 saturated carbocycles. The van der Waals surface area contributed by atoms with Crippen molar-refractivity contribution < 1.29 is 9.21 Å². The predicted molar refractivity (Wildman–Crippen MR) is 105 cm³/mol. The Balaban J connectivity index is 1.76.